The van der Waals surface area contributed by atoms with E-state index in [-0.39, 0.29) is 97.4 Å². The van der Waals surface area contributed by atoms with Crippen LogP contribution in [0.25, 0.3) is 22.3 Å². The molecule has 0 bridgehead atoms. The van der Waals surface area contributed by atoms with Crippen molar-refractivity contribution in [2.75, 3.05) is 64.1 Å². The van der Waals surface area contributed by atoms with Gasteiger partial charge in [-0.3, -0.25) is 56.2 Å². The van der Waals surface area contributed by atoms with E-state index in [1.165, 1.54) is 38.8 Å². The molecule has 5 aromatic rings. The van der Waals surface area contributed by atoms with Gasteiger partial charge in [-0.05, 0) is 75.3 Å². The molecular formula is C66H94N14O34P6-8. The van der Waals surface area contributed by atoms with Crippen LogP contribution in [-0.4, -0.2) is 196 Å². The Morgan fingerprint density at radius 2 is 0.850 bits per heavy atom. The van der Waals surface area contributed by atoms with E-state index in [0.29, 0.717) is 6.42 Å². The zero-order valence-electron chi connectivity index (χ0n) is 65.2. The number of hydrogen-bond donors (Lipinski definition) is 10. The van der Waals surface area contributed by atoms with Gasteiger partial charge in [-0.15, -0.1) is 0 Å². The Hall–Kier alpha value is -6.36. The Morgan fingerprint density at radius 1 is 0.508 bits per heavy atom. The number of nitrogen functional groups attached to an aromatic ring is 2. The Balaban J connectivity index is 0.568. The van der Waals surface area contributed by atoms with Gasteiger partial charge in [-0.2, -0.15) is 0 Å². The molecule has 4 aliphatic rings. The van der Waals surface area contributed by atoms with Crippen molar-refractivity contribution >= 4 is 116 Å². The predicted octanol–water partition coefficient (Wildman–Crippen LogP) is -2.85. The number of phosphoric acid groups is 6. The predicted molar refractivity (Wildman–Crippen MR) is 395 cm³/mol. The van der Waals surface area contributed by atoms with Crippen LogP contribution in [-0.2, 0) is 114 Å². The number of amides is 4. The van der Waals surface area contributed by atoms with Crippen molar-refractivity contribution in [3.63, 3.8) is 0 Å². The first-order valence-corrected chi connectivity index (χ1v) is 46.6. The Morgan fingerprint density at radius 3 is 1.22 bits per heavy atom. The van der Waals surface area contributed by atoms with E-state index in [9.17, 15) is 116 Å². The summed E-state index contributed by atoms with van der Waals surface area (Å²) in [5.74, 6) is -3.26. The van der Waals surface area contributed by atoms with E-state index in [4.69, 9.17) is 20.9 Å². The smallest absolute Gasteiger partial charge is 0.274 e. The van der Waals surface area contributed by atoms with E-state index >= 15 is 0 Å². The third-order valence-corrected chi connectivity index (χ3v) is 26.6. The summed E-state index contributed by atoms with van der Waals surface area (Å²) in [5, 5.41) is 53.3. The van der Waals surface area contributed by atoms with Gasteiger partial charge in [-0.1, -0.05) is 77.6 Å². The van der Waals surface area contributed by atoms with Crippen LogP contribution in [0.3, 0.4) is 0 Å². The van der Waals surface area contributed by atoms with Gasteiger partial charge in [0.15, 0.2) is 35.4 Å². The van der Waals surface area contributed by atoms with E-state index in [0.717, 1.165) is 118 Å². The molecule has 2 saturated heterocycles. The number of anilines is 2. The SMILES string of the molecule is CC(C)(COP(=O)([O-])OP(=O)([O-])OCC1OC(n2cnc3c(N)ncnc32)C(O)C1OP(=O)([O-])[O-])C(O)C(=O)NCCC(=O)NCCC(=O)C1(CCCCCCc2ccc(CCCCC3(C(=O)CCNC(=O)CCNC(=O)C(O)C(C)(C)COP(=O)([O-])OP(=O)([O-])OCC4OC(n5cnc6c(N)ncnc65)C(O)C4OP(=O)([O-])[O-])CC3)cc2)CC1. The lowest BCUT2D eigenvalue weighted by atomic mass is 9.87. The van der Waals surface area contributed by atoms with Gasteiger partial charge in [0, 0.05) is 73.5 Å². The minimum absolute atomic E-state index is 0.0204. The Bertz CT molecular complexity index is 4740. The zero-order chi connectivity index (χ0) is 88.2. The topological polar surface area (TPSA) is 750 Å². The van der Waals surface area contributed by atoms with Crippen LogP contribution >= 0.6 is 46.9 Å². The lowest BCUT2D eigenvalue weighted by Crippen LogP contribution is -2.46. The average molecular weight is 1810 g/mol. The number of aryl methyl sites for hydroxylation is 2. The number of aliphatic hydroxyl groups is 4. The van der Waals surface area contributed by atoms with Crippen LogP contribution in [0, 0.1) is 21.7 Å². The number of ketones is 2. The number of phosphoric ester groups is 6. The van der Waals surface area contributed by atoms with Gasteiger partial charge in [0.2, 0.25) is 23.6 Å². The number of aliphatic hydroxyl groups excluding tert-OH is 4. The molecule has 14 atom stereocenters. The van der Waals surface area contributed by atoms with Crippen LogP contribution in [0.4, 0.5) is 11.6 Å². The molecule has 0 spiro atoms. The summed E-state index contributed by atoms with van der Waals surface area (Å²) < 4.78 is 123. The first-order valence-electron chi connectivity index (χ1n) is 37.8. The summed E-state index contributed by atoms with van der Waals surface area (Å²) in [7, 11) is -35.6. The molecule has 9 rings (SSSR count). The lowest BCUT2D eigenvalue weighted by molar-refractivity contribution is -0.348. The number of carbonyl (C=O) groups is 6. The van der Waals surface area contributed by atoms with Gasteiger partial charge < -0.3 is 138 Å². The summed E-state index contributed by atoms with van der Waals surface area (Å²) in [6.07, 6.45) is -4.05. The lowest BCUT2D eigenvalue weighted by Gasteiger charge is -2.36. The maximum absolute atomic E-state index is 13.3. The normalized spacial score (nSPS) is 22.9. The average Bonchev–Trinajstić information content (AvgIpc) is 1.62. The molecule has 2 saturated carbocycles. The van der Waals surface area contributed by atoms with E-state index in [1.807, 2.05) is 0 Å². The molecule has 4 fully saturated rings. The third kappa shape index (κ3) is 27.8. The Labute approximate surface area is 685 Å². The van der Waals surface area contributed by atoms with E-state index in [1.54, 1.807) is 0 Å². The monoisotopic (exact) mass is 1810 g/mol. The molecule has 14 unspecified atom stereocenters. The summed E-state index contributed by atoms with van der Waals surface area (Å²) in [5.41, 5.74) is 9.50. The van der Waals surface area contributed by atoms with Crippen LogP contribution < -0.4 is 71.9 Å². The van der Waals surface area contributed by atoms with Gasteiger partial charge >= 0.3 is 0 Å². The fraction of sp³-hybridized carbons (Fsp3) is 0.667. The minimum Gasteiger partial charge on any atom is -0.790 e. The molecular weight excluding hydrogens is 1720 g/mol. The molecule has 670 valence electrons. The summed E-state index contributed by atoms with van der Waals surface area (Å²) >= 11 is 0. The van der Waals surface area contributed by atoms with Crippen molar-refractivity contribution in [3.8, 4) is 0 Å². The number of imidazole rings is 2. The Kier molecular flexibility index (Phi) is 33.1. The van der Waals surface area contributed by atoms with Gasteiger partial charge in [0.25, 0.3) is 31.3 Å². The highest BCUT2D eigenvalue weighted by molar-refractivity contribution is 7.60. The van der Waals surface area contributed by atoms with Gasteiger partial charge in [0.1, 0.15) is 84.1 Å². The van der Waals surface area contributed by atoms with Crippen molar-refractivity contribution in [1.29, 1.82) is 0 Å². The van der Waals surface area contributed by atoms with Crippen LogP contribution in [0.15, 0.2) is 49.6 Å². The summed E-state index contributed by atoms with van der Waals surface area (Å²) in [4.78, 5) is 198. The maximum atomic E-state index is 13.3. The van der Waals surface area contributed by atoms with Crippen LogP contribution in [0.5, 0.6) is 0 Å². The molecule has 4 aromatic heterocycles. The van der Waals surface area contributed by atoms with Crippen molar-refractivity contribution in [3.05, 3.63) is 60.7 Å². The van der Waals surface area contributed by atoms with Crippen molar-refractivity contribution < 1.29 is 161 Å². The first kappa shape index (κ1) is 97.4. The molecule has 6 heterocycles. The van der Waals surface area contributed by atoms with Gasteiger partial charge in [-0.25, -0.2) is 38.5 Å². The largest absolute Gasteiger partial charge is 0.790 e. The highest BCUT2D eigenvalue weighted by atomic mass is 31.3. The van der Waals surface area contributed by atoms with E-state index < -0.39 is 180 Å². The number of nitrogens with two attached hydrogens (primary N) is 2. The van der Waals surface area contributed by atoms with Crippen LogP contribution in [0.2, 0.25) is 0 Å². The molecule has 0 radical (unpaired) electrons. The number of Topliss-reactive ketones (excluding diaryl/α,β-unsaturated/α-hetero) is 2. The van der Waals surface area contributed by atoms with Crippen LogP contribution in [0.1, 0.15) is 154 Å². The number of fused-ring (bicyclic) bond motifs is 2. The quantitative estimate of drug-likeness (QED) is 0.0138. The number of benzene rings is 1. The van der Waals surface area contributed by atoms with Gasteiger partial charge in [0.05, 0.1) is 54.7 Å². The number of hydrogen-bond acceptors (Lipinski definition) is 42. The number of carbonyl (C=O) groups excluding carboxylic acids is 6. The molecule has 2 aliphatic carbocycles. The zero-order valence-corrected chi connectivity index (χ0v) is 70.6. The molecule has 48 nitrogen and oxygen atoms in total. The summed E-state index contributed by atoms with van der Waals surface area (Å²) in [6, 6.07) is 8.43. The number of nitrogens with one attached hydrogen (secondary N) is 4. The second kappa shape index (κ2) is 40.7. The fourth-order valence-electron chi connectivity index (χ4n) is 13.4. The highest BCUT2D eigenvalue weighted by Gasteiger charge is 2.52. The summed E-state index contributed by atoms with van der Waals surface area (Å²) in [6.45, 7) is -0.432. The van der Waals surface area contributed by atoms with Crippen molar-refractivity contribution in [2.45, 2.75) is 205 Å². The maximum Gasteiger partial charge on any atom is 0.274 e. The molecule has 54 heteroatoms. The fourth-order valence-corrected chi connectivity index (χ4v) is 18.9. The molecule has 4 amide bonds. The number of rotatable bonds is 52. The number of aromatic nitrogens is 8. The highest BCUT2D eigenvalue weighted by Crippen LogP contribution is 2.59. The second-order valence-corrected chi connectivity index (χ2v) is 38.9. The molecule has 120 heavy (non-hydrogen) atoms. The standard InChI is InChI=1S/C66H102N14O34P6/c1-63(2,33-107-119(101,102)113-117(97,98)105-31-41-51(111-115(91,92)93)49(85)61(109-41)79-37-77-47-55(67)73-35-75-57(47)79)53(87)59(89)71-29-19-45(83)69-27-17-43(81)65(23-24-65)21-9-6-5-7-11-39-13-15-40(16-14-39)12-8-10-22-66(25-26-66)44(82)18-28-70-46(84)20-30-72-60(90)54(88)64(3,4)34-108-120(103,104)114-118(99,100)106-32-42-52(112-116(94,95)96)50(86)62(110-42)80-38-78-48-56(68)74-36-76-58(48)80/h13-16,35-38,41-42,49-54,61-62,85-88H,5-12,17-34H2,1-4H3,(H,69,83)(H,70,84)(H,71,89)(H,72,90)(H,97,98)(H,99,100)(H,101,102)(H,103,104)(H2,67,73,75)(H2,68,74,76)(H2,91,92,93)(H2,94,95,96)/p-8. The molecule has 12 N–H and O–H groups in total. The molecule has 1 aromatic carbocycles. The first-order chi connectivity index (χ1) is 56.0. The van der Waals surface area contributed by atoms with Crippen molar-refractivity contribution in [1.82, 2.24) is 60.3 Å². The number of unbranched alkanes of at least 4 members (excludes halogenated alkanes) is 4. The molecule has 2 aliphatic heterocycles. The third-order valence-electron chi connectivity index (χ3n) is 20.6. The number of ether oxygens (including phenoxy) is 2. The number of nitrogens with zero attached hydrogens (tertiary/aromatic N) is 8. The van der Waals surface area contributed by atoms with Crippen molar-refractivity contribution in [2.24, 2.45) is 21.7 Å². The second-order valence-electron chi connectivity index (χ2n) is 30.8. The minimum atomic E-state index is -5.98. The van der Waals surface area contributed by atoms with E-state index in [2.05, 4.69) is 111 Å².